The second kappa shape index (κ2) is 3.13. The zero-order valence-corrected chi connectivity index (χ0v) is 12.0. The van der Waals surface area contributed by atoms with Crippen LogP contribution >= 0.6 is 0 Å². The van der Waals surface area contributed by atoms with Crippen LogP contribution < -0.4 is 5.73 Å². The molecule has 1 spiro atoms. The summed E-state index contributed by atoms with van der Waals surface area (Å²) in [4.78, 5) is 0. The van der Waals surface area contributed by atoms with Crippen molar-refractivity contribution in [3.63, 3.8) is 0 Å². The summed E-state index contributed by atoms with van der Waals surface area (Å²) < 4.78 is 0. The van der Waals surface area contributed by atoms with E-state index >= 15 is 0 Å². The van der Waals surface area contributed by atoms with E-state index < -0.39 is 11.7 Å². The average molecular weight is 253 g/mol. The quantitative estimate of drug-likeness (QED) is 0.615. The molecular weight excluding hydrogens is 226 g/mol. The molecule has 0 saturated heterocycles. The predicted octanol–water partition coefficient (Wildman–Crippen LogP) is 1.66. The Kier molecular flexibility index (Phi) is 2.24. The Hall–Kier alpha value is -0.120. The van der Waals surface area contributed by atoms with Gasteiger partial charge in [-0.2, -0.15) is 0 Å². The van der Waals surface area contributed by atoms with Gasteiger partial charge in [-0.05, 0) is 55.3 Å². The maximum atomic E-state index is 10.7. The number of aliphatic hydroxyl groups is 2. The second-order valence-corrected chi connectivity index (χ2v) is 7.99. The minimum Gasteiger partial charge on any atom is -0.390 e. The van der Waals surface area contributed by atoms with Crippen LogP contribution in [0.4, 0.5) is 0 Å². The van der Waals surface area contributed by atoms with Gasteiger partial charge in [0.05, 0.1) is 11.7 Å². The molecule has 3 fully saturated rings. The summed E-state index contributed by atoms with van der Waals surface area (Å²) in [5.41, 5.74) is 5.56. The molecule has 0 heterocycles. The summed E-state index contributed by atoms with van der Waals surface area (Å²) in [6.07, 6.45) is 3.18. The van der Waals surface area contributed by atoms with Crippen LogP contribution in [0.15, 0.2) is 0 Å². The molecule has 0 aromatic rings. The summed E-state index contributed by atoms with van der Waals surface area (Å²) in [7, 11) is 0. The Morgan fingerprint density at radius 3 is 2.39 bits per heavy atom. The molecule has 3 heteroatoms. The minimum absolute atomic E-state index is 0.0306. The predicted molar refractivity (Wildman–Crippen MR) is 70.9 cm³/mol. The van der Waals surface area contributed by atoms with Crippen LogP contribution in [-0.2, 0) is 0 Å². The molecule has 4 N–H and O–H groups in total. The van der Waals surface area contributed by atoms with Gasteiger partial charge in [0.15, 0.2) is 0 Å². The van der Waals surface area contributed by atoms with Crippen molar-refractivity contribution in [3.05, 3.63) is 0 Å². The maximum Gasteiger partial charge on any atom is 0.0911 e. The third kappa shape index (κ3) is 1.05. The molecule has 0 radical (unpaired) electrons. The van der Waals surface area contributed by atoms with Crippen molar-refractivity contribution in [1.82, 2.24) is 0 Å². The van der Waals surface area contributed by atoms with Crippen LogP contribution in [0, 0.1) is 22.7 Å². The number of hydrogen-bond donors (Lipinski definition) is 3. The SMILES string of the molecule is C[C@H]1CC[C@@]2(N)C(C)(C)C3C[C@@]12C[C@@H](O)[C@]3(C)O. The van der Waals surface area contributed by atoms with Crippen LogP contribution in [0.5, 0.6) is 0 Å². The van der Waals surface area contributed by atoms with E-state index in [1.807, 2.05) is 0 Å². The van der Waals surface area contributed by atoms with Crippen molar-refractivity contribution in [2.45, 2.75) is 70.6 Å². The number of aliphatic hydroxyl groups excluding tert-OH is 1. The van der Waals surface area contributed by atoms with Gasteiger partial charge in [-0.3, -0.25) is 0 Å². The van der Waals surface area contributed by atoms with E-state index in [1.54, 1.807) is 6.92 Å². The molecule has 3 aliphatic carbocycles. The Labute approximate surface area is 110 Å². The second-order valence-electron chi connectivity index (χ2n) is 7.99. The lowest BCUT2D eigenvalue weighted by molar-refractivity contribution is -0.153. The third-order valence-corrected chi connectivity index (χ3v) is 7.33. The van der Waals surface area contributed by atoms with Crippen molar-refractivity contribution in [1.29, 1.82) is 0 Å². The van der Waals surface area contributed by atoms with E-state index in [1.165, 1.54) is 0 Å². The average Bonchev–Trinajstić information content (AvgIpc) is 2.58. The standard InChI is InChI=1S/C15H27NO2/c1-9-5-6-15(16)12(2,3)10-7-14(9,15)8-11(17)13(10,4)18/h9-11,17-18H,5-8,16H2,1-4H3/t9-,10?,11+,13+,14+,15+/m0/s1. The monoisotopic (exact) mass is 253 g/mol. The fourth-order valence-electron chi connectivity index (χ4n) is 5.87. The number of hydrogen-bond acceptors (Lipinski definition) is 3. The molecular formula is C15H27NO2. The Morgan fingerprint density at radius 1 is 1.17 bits per heavy atom. The number of nitrogens with two attached hydrogens (primary N) is 1. The summed E-state index contributed by atoms with van der Waals surface area (Å²) in [5.74, 6) is 0.652. The maximum absolute atomic E-state index is 10.7. The van der Waals surface area contributed by atoms with Gasteiger partial charge in [-0.25, -0.2) is 0 Å². The zero-order chi connectivity index (χ0) is 13.6. The van der Waals surface area contributed by atoms with E-state index in [2.05, 4.69) is 20.8 Å². The van der Waals surface area contributed by atoms with E-state index in [-0.39, 0.29) is 22.3 Å². The molecule has 0 aromatic heterocycles. The van der Waals surface area contributed by atoms with Gasteiger partial charge in [0.1, 0.15) is 0 Å². The van der Waals surface area contributed by atoms with E-state index in [0.717, 1.165) is 19.3 Å². The molecule has 0 aliphatic heterocycles. The molecule has 3 saturated carbocycles. The van der Waals surface area contributed by atoms with Gasteiger partial charge in [0.25, 0.3) is 0 Å². The summed E-state index contributed by atoms with van der Waals surface area (Å²) in [5, 5.41) is 21.1. The first kappa shape index (κ1) is 12.9. The molecule has 18 heavy (non-hydrogen) atoms. The van der Waals surface area contributed by atoms with Crippen LogP contribution in [0.2, 0.25) is 0 Å². The van der Waals surface area contributed by atoms with E-state index in [9.17, 15) is 10.2 Å². The van der Waals surface area contributed by atoms with E-state index in [0.29, 0.717) is 12.3 Å². The lowest BCUT2D eigenvalue weighted by Gasteiger charge is -2.48. The van der Waals surface area contributed by atoms with Gasteiger partial charge >= 0.3 is 0 Å². The summed E-state index contributed by atoms with van der Waals surface area (Å²) in [6.45, 7) is 8.47. The van der Waals surface area contributed by atoms with Crippen molar-refractivity contribution in [2.75, 3.05) is 0 Å². The van der Waals surface area contributed by atoms with Crippen molar-refractivity contribution in [3.8, 4) is 0 Å². The molecule has 3 aliphatic rings. The highest BCUT2D eigenvalue weighted by molar-refractivity contribution is 5.28. The Morgan fingerprint density at radius 2 is 1.78 bits per heavy atom. The first-order chi connectivity index (χ1) is 8.09. The van der Waals surface area contributed by atoms with Crippen molar-refractivity contribution < 1.29 is 10.2 Å². The summed E-state index contributed by atoms with van der Waals surface area (Å²) >= 11 is 0. The normalized spacial score (nSPS) is 61.8. The smallest absolute Gasteiger partial charge is 0.0911 e. The van der Waals surface area contributed by atoms with Crippen LogP contribution in [0.25, 0.3) is 0 Å². The van der Waals surface area contributed by atoms with Crippen LogP contribution in [0.3, 0.4) is 0 Å². The highest BCUT2D eigenvalue weighted by Gasteiger charge is 2.76. The first-order valence-corrected chi connectivity index (χ1v) is 7.29. The topological polar surface area (TPSA) is 66.5 Å². The molecule has 6 atom stereocenters. The first-order valence-electron chi connectivity index (χ1n) is 7.29. The van der Waals surface area contributed by atoms with Crippen LogP contribution in [0.1, 0.15) is 53.4 Å². The minimum atomic E-state index is -0.995. The molecule has 0 aromatic carbocycles. The van der Waals surface area contributed by atoms with Crippen LogP contribution in [-0.4, -0.2) is 27.5 Å². The molecule has 1 unspecified atom stereocenters. The molecule has 3 nitrogen and oxygen atoms in total. The molecule has 104 valence electrons. The molecule has 2 bridgehead atoms. The molecule has 3 rings (SSSR count). The molecule has 0 amide bonds. The Bertz CT molecular complexity index is 392. The highest BCUT2D eigenvalue weighted by Crippen LogP contribution is 2.73. The fourth-order valence-corrected chi connectivity index (χ4v) is 5.87. The number of rotatable bonds is 0. The van der Waals surface area contributed by atoms with Gasteiger partial charge in [0.2, 0.25) is 0 Å². The van der Waals surface area contributed by atoms with Crippen molar-refractivity contribution >= 4 is 0 Å². The zero-order valence-electron chi connectivity index (χ0n) is 12.0. The Balaban J connectivity index is 2.18. The number of fused-ring (bicyclic) bond motifs is 1. The van der Waals surface area contributed by atoms with Gasteiger partial charge in [-0.1, -0.05) is 20.8 Å². The fraction of sp³-hybridized carbons (Fsp3) is 1.00. The largest absolute Gasteiger partial charge is 0.390 e. The van der Waals surface area contributed by atoms with Gasteiger partial charge < -0.3 is 15.9 Å². The lowest BCUT2D eigenvalue weighted by Crippen LogP contribution is -2.57. The summed E-state index contributed by atoms with van der Waals surface area (Å²) in [6, 6.07) is 0. The van der Waals surface area contributed by atoms with Gasteiger partial charge in [-0.15, -0.1) is 0 Å². The third-order valence-electron chi connectivity index (χ3n) is 7.33. The van der Waals surface area contributed by atoms with Crippen molar-refractivity contribution in [2.24, 2.45) is 28.4 Å². The van der Waals surface area contributed by atoms with E-state index in [4.69, 9.17) is 5.73 Å². The lowest BCUT2D eigenvalue weighted by atomic mass is 9.61. The van der Waals surface area contributed by atoms with Gasteiger partial charge in [0, 0.05) is 5.54 Å². The highest BCUT2D eigenvalue weighted by atomic mass is 16.3.